The highest BCUT2D eigenvalue weighted by Crippen LogP contribution is 2.28. The minimum absolute atomic E-state index is 0.0160. The van der Waals surface area contributed by atoms with Crippen molar-refractivity contribution in [1.29, 1.82) is 0 Å². The fourth-order valence-corrected chi connectivity index (χ4v) is 7.76. The molecule has 0 spiro atoms. The van der Waals surface area contributed by atoms with Gasteiger partial charge in [-0.05, 0) is 66.0 Å². The lowest BCUT2D eigenvalue weighted by atomic mass is 9.84. The molecule has 2 saturated heterocycles. The fourth-order valence-electron chi connectivity index (χ4n) is 7.76. The lowest BCUT2D eigenvalue weighted by molar-refractivity contribution is -0.134. The number of alkyl carbamates (subject to hydrolysis) is 1. The number of rotatable bonds is 15. The van der Waals surface area contributed by atoms with E-state index in [1.807, 2.05) is 0 Å². The highest BCUT2D eigenvalue weighted by molar-refractivity contribution is 5.88. The van der Waals surface area contributed by atoms with E-state index >= 15 is 0 Å². The van der Waals surface area contributed by atoms with Gasteiger partial charge in [0, 0.05) is 64.8 Å². The molecule has 4 rings (SSSR count). The Kier molecular flexibility index (Phi) is 19.3. The summed E-state index contributed by atoms with van der Waals surface area (Å²) in [6.07, 6.45) is 6.84. The van der Waals surface area contributed by atoms with Crippen molar-refractivity contribution in [2.45, 2.75) is 127 Å². The van der Waals surface area contributed by atoms with E-state index in [9.17, 15) is 34.2 Å². The molecule has 8 atom stereocenters. The number of carboxylic acids is 2. The number of likely N-dealkylation sites (tertiary alicyclic amines) is 2. The van der Waals surface area contributed by atoms with Crippen LogP contribution in [-0.4, -0.2) is 171 Å². The molecule has 57 heavy (non-hydrogen) atoms. The molecule has 0 aromatic heterocycles. The Bertz CT molecular complexity index is 1420. The molecule has 2 aliphatic heterocycles. The molecule has 0 unspecified atom stereocenters. The van der Waals surface area contributed by atoms with Crippen molar-refractivity contribution < 1.29 is 57.9 Å². The lowest BCUT2D eigenvalue weighted by Gasteiger charge is -2.45. The number of carboxylic acid groups (broad SMARTS) is 2. The van der Waals surface area contributed by atoms with Crippen LogP contribution in [0, 0.1) is 0 Å². The zero-order valence-electron chi connectivity index (χ0n) is 34.6. The van der Waals surface area contributed by atoms with E-state index in [1.54, 1.807) is 47.1 Å². The van der Waals surface area contributed by atoms with Crippen molar-refractivity contribution in [3.63, 3.8) is 0 Å². The van der Waals surface area contributed by atoms with E-state index in [0.29, 0.717) is 45.1 Å². The third-order valence-electron chi connectivity index (χ3n) is 10.2. The fraction of sp³-hybridized carbons (Fsp3) is 0.769. The van der Waals surface area contributed by atoms with Gasteiger partial charge in [0.15, 0.2) is 0 Å². The average molecular weight is 811 g/mol. The monoisotopic (exact) mass is 810 g/mol. The SMILES string of the molecule is COCCO[C@@H]1CCCN([C@@H]2C=C(C(=O)O)C[C@H](N)[C@H]2NC(C)=O)C1.COCCO[C@@H]1CCCN([C@@H]2C=C(C(=O)O)C[C@H](NC(=O)OC(C)(C)C)[C@H]2NC(C)=O)C1. The summed E-state index contributed by atoms with van der Waals surface area (Å²) >= 11 is 0. The normalized spacial score (nSPS) is 28.4. The molecular weight excluding hydrogens is 744 g/mol. The van der Waals surface area contributed by atoms with E-state index in [4.69, 9.17) is 29.4 Å². The third-order valence-corrected chi connectivity index (χ3v) is 10.2. The Morgan fingerprint density at radius 1 is 0.737 bits per heavy atom. The summed E-state index contributed by atoms with van der Waals surface area (Å²) in [6.45, 7) is 13.0. The van der Waals surface area contributed by atoms with Crippen molar-refractivity contribution >= 4 is 29.8 Å². The van der Waals surface area contributed by atoms with Crippen molar-refractivity contribution in [3.05, 3.63) is 23.3 Å². The van der Waals surface area contributed by atoms with Crippen LogP contribution in [0.5, 0.6) is 0 Å². The quantitative estimate of drug-likeness (QED) is 0.127. The topological polar surface area (TPSA) is 241 Å². The maximum Gasteiger partial charge on any atom is 0.407 e. The summed E-state index contributed by atoms with van der Waals surface area (Å²) in [6, 6.07) is -2.54. The number of nitrogens with two attached hydrogens (primary N) is 1. The summed E-state index contributed by atoms with van der Waals surface area (Å²) in [5.41, 5.74) is 5.99. The van der Waals surface area contributed by atoms with Crippen LogP contribution in [0.25, 0.3) is 0 Å². The molecule has 2 heterocycles. The van der Waals surface area contributed by atoms with Crippen LogP contribution in [0.1, 0.15) is 73.1 Å². The second-order valence-electron chi connectivity index (χ2n) is 16.0. The Morgan fingerprint density at radius 2 is 1.19 bits per heavy atom. The van der Waals surface area contributed by atoms with Crippen LogP contribution in [0.4, 0.5) is 4.79 Å². The molecule has 18 nitrogen and oxygen atoms in total. The van der Waals surface area contributed by atoms with Crippen LogP contribution in [0.2, 0.25) is 0 Å². The van der Waals surface area contributed by atoms with Crippen LogP contribution in [0.3, 0.4) is 0 Å². The van der Waals surface area contributed by atoms with Gasteiger partial charge in [0.2, 0.25) is 11.8 Å². The molecule has 0 saturated carbocycles. The van der Waals surface area contributed by atoms with Gasteiger partial charge < -0.3 is 55.6 Å². The van der Waals surface area contributed by atoms with Gasteiger partial charge in [-0.25, -0.2) is 14.4 Å². The van der Waals surface area contributed by atoms with Gasteiger partial charge in [-0.1, -0.05) is 12.2 Å². The second kappa shape index (κ2) is 23.1. The van der Waals surface area contributed by atoms with Crippen LogP contribution < -0.4 is 21.7 Å². The summed E-state index contributed by atoms with van der Waals surface area (Å²) in [4.78, 5) is 63.6. The van der Waals surface area contributed by atoms with Gasteiger partial charge in [-0.3, -0.25) is 19.4 Å². The first-order chi connectivity index (χ1) is 26.9. The second-order valence-corrected chi connectivity index (χ2v) is 16.0. The number of hydrogen-bond acceptors (Lipinski definition) is 13. The van der Waals surface area contributed by atoms with Crippen molar-refractivity contribution in [3.8, 4) is 0 Å². The van der Waals surface area contributed by atoms with Gasteiger partial charge >= 0.3 is 18.0 Å². The molecule has 3 amide bonds. The molecule has 0 aromatic rings. The highest BCUT2D eigenvalue weighted by atomic mass is 16.6. The predicted octanol–water partition coefficient (Wildman–Crippen LogP) is 1.02. The summed E-state index contributed by atoms with van der Waals surface area (Å²) in [5, 5.41) is 27.7. The number of amides is 3. The number of aliphatic carboxylic acids is 2. The van der Waals surface area contributed by atoms with Crippen LogP contribution in [-0.2, 0) is 42.9 Å². The van der Waals surface area contributed by atoms with Crippen molar-refractivity contribution in [2.75, 3.05) is 66.8 Å². The number of ether oxygens (including phenoxy) is 5. The van der Waals surface area contributed by atoms with Crippen LogP contribution in [0.15, 0.2) is 23.3 Å². The molecule has 18 heteroatoms. The largest absolute Gasteiger partial charge is 0.478 e. The Morgan fingerprint density at radius 3 is 1.63 bits per heavy atom. The zero-order valence-corrected chi connectivity index (χ0v) is 34.6. The van der Waals surface area contributed by atoms with E-state index in [1.165, 1.54) is 13.8 Å². The van der Waals surface area contributed by atoms with Gasteiger partial charge in [0.25, 0.3) is 0 Å². The number of carbonyl (C=O) groups excluding carboxylic acids is 3. The maximum absolute atomic E-state index is 12.5. The molecule has 2 fully saturated rings. The lowest BCUT2D eigenvalue weighted by Crippen LogP contribution is -2.64. The van der Waals surface area contributed by atoms with E-state index in [2.05, 4.69) is 25.8 Å². The first kappa shape index (κ1) is 47.7. The number of nitrogens with one attached hydrogen (secondary N) is 3. The Balaban J connectivity index is 0.000000315. The number of nitrogens with zero attached hydrogens (tertiary/aromatic N) is 2. The van der Waals surface area contributed by atoms with Gasteiger partial charge in [0.05, 0.1) is 68.8 Å². The molecule has 0 bridgehead atoms. The van der Waals surface area contributed by atoms with Crippen LogP contribution >= 0.6 is 0 Å². The average Bonchev–Trinajstić information content (AvgIpc) is 3.12. The van der Waals surface area contributed by atoms with Crippen molar-refractivity contribution in [1.82, 2.24) is 25.8 Å². The van der Waals surface area contributed by atoms with E-state index < -0.39 is 47.8 Å². The highest BCUT2D eigenvalue weighted by Gasteiger charge is 2.42. The molecular formula is C39H66N6O12. The van der Waals surface area contributed by atoms with E-state index in [-0.39, 0.29) is 54.5 Å². The maximum atomic E-state index is 12.5. The smallest absolute Gasteiger partial charge is 0.407 e. The minimum Gasteiger partial charge on any atom is -0.478 e. The number of hydrogen-bond donors (Lipinski definition) is 6. The number of methoxy groups -OCH3 is 2. The standard InChI is InChI=1S/C22H37N3O7.C17H29N3O5/c1-14(26)23-19-17(24-21(29)32-22(2,3)4)11-15(20(27)28)12-18(19)25-8-6-7-16(13-25)31-10-9-30-5;1-11(21)19-16-14(18)8-12(17(22)23)9-15(16)20-5-3-4-13(10-20)25-7-6-24-2/h12,16-19H,6-11,13H2,1-5H3,(H,23,26)(H,24,29)(H,27,28);9,13-16H,3-8,10,18H2,1-2H3,(H,19,21)(H,22,23)/t16-,17+,18-,19-;13-,14+,15-,16-/m11/s1. The molecule has 7 N–H and O–H groups in total. The molecule has 0 radical (unpaired) electrons. The summed E-state index contributed by atoms with van der Waals surface area (Å²) < 4.78 is 27.2. The van der Waals surface area contributed by atoms with Gasteiger partial charge in [-0.2, -0.15) is 0 Å². The first-order valence-electron chi connectivity index (χ1n) is 19.8. The molecule has 4 aliphatic rings. The minimum atomic E-state index is -1.04. The summed E-state index contributed by atoms with van der Waals surface area (Å²) in [5.74, 6) is -2.42. The molecule has 2 aliphatic carbocycles. The Labute approximate surface area is 336 Å². The first-order valence-corrected chi connectivity index (χ1v) is 19.8. The molecule has 324 valence electrons. The van der Waals surface area contributed by atoms with Crippen molar-refractivity contribution in [2.24, 2.45) is 5.73 Å². The Hall–Kier alpha value is -3.65. The predicted molar refractivity (Wildman–Crippen MR) is 209 cm³/mol. The summed E-state index contributed by atoms with van der Waals surface area (Å²) in [7, 11) is 3.25. The number of carbonyl (C=O) groups is 5. The van der Waals surface area contributed by atoms with Gasteiger partial charge in [-0.15, -0.1) is 0 Å². The third kappa shape index (κ3) is 15.9. The van der Waals surface area contributed by atoms with Gasteiger partial charge in [0.1, 0.15) is 5.60 Å². The molecule has 0 aromatic carbocycles. The zero-order chi connectivity index (χ0) is 42.3. The number of piperidine rings is 2. The van der Waals surface area contributed by atoms with E-state index in [0.717, 1.165) is 38.8 Å².